The van der Waals surface area contributed by atoms with Crippen molar-refractivity contribution >= 4 is 65.0 Å². The Hall–Kier alpha value is -5.61. The van der Waals surface area contributed by atoms with Crippen molar-refractivity contribution in [3.63, 3.8) is 0 Å². The molecular formula is C52H41N2O2PtS-. The van der Waals surface area contributed by atoms with Crippen LogP contribution in [0.3, 0.4) is 0 Å². The van der Waals surface area contributed by atoms with Gasteiger partial charge in [0.1, 0.15) is 16.3 Å². The van der Waals surface area contributed by atoms with Crippen LogP contribution in [-0.4, -0.2) is 15.1 Å². The molecule has 7 aromatic carbocycles. The molecule has 3 aromatic heterocycles. The number of aromatic hydroxyl groups is 1. The van der Waals surface area contributed by atoms with Crippen LogP contribution in [0.2, 0.25) is 0 Å². The summed E-state index contributed by atoms with van der Waals surface area (Å²) in [5.74, 6) is 0.292. The smallest absolute Gasteiger partial charge is 0.129 e. The Balaban J connectivity index is 0.00000436. The molecule has 10 rings (SSSR count). The number of hydrogen-bond donors (Lipinski definition) is 1. The monoisotopic (exact) mass is 952 g/mol. The number of furan rings is 1. The van der Waals surface area contributed by atoms with Crippen LogP contribution < -0.4 is 0 Å². The van der Waals surface area contributed by atoms with Crippen LogP contribution in [0.25, 0.3) is 97.8 Å². The normalized spacial score (nSPS) is 12.2. The van der Waals surface area contributed by atoms with Gasteiger partial charge in [-0.2, -0.15) is 0 Å². The van der Waals surface area contributed by atoms with Crippen molar-refractivity contribution in [2.75, 3.05) is 0 Å². The van der Waals surface area contributed by atoms with E-state index >= 15 is 0 Å². The maximum atomic E-state index is 11.8. The van der Waals surface area contributed by atoms with Crippen molar-refractivity contribution in [2.45, 2.75) is 52.4 Å². The Morgan fingerprint density at radius 1 is 0.638 bits per heavy atom. The first-order valence-corrected chi connectivity index (χ1v) is 20.3. The van der Waals surface area contributed by atoms with Gasteiger partial charge in [0.25, 0.3) is 0 Å². The molecule has 0 aliphatic rings. The zero-order valence-electron chi connectivity index (χ0n) is 33.2. The molecule has 0 saturated heterocycles. The summed E-state index contributed by atoms with van der Waals surface area (Å²) in [6.07, 6.45) is 1.87. The predicted octanol–water partition coefficient (Wildman–Crippen LogP) is 14.7. The molecule has 0 radical (unpaired) electrons. The van der Waals surface area contributed by atoms with E-state index in [1.165, 1.54) is 16.3 Å². The van der Waals surface area contributed by atoms with Crippen LogP contribution in [-0.2, 0) is 31.9 Å². The summed E-state index contributed by atoms with van der Waals surface area (Å²) in [7, 11) is 0. The SMILES string of the molecule is CC(C)(C)c1cc(-c2nc3c(-c4[c-]c(-c5cc(-c6ccccc6)ccn5)c5oc6cc7c(ccc8ccccc87)cc6c5c4)cccc3s2)c(O)c(C(C)(C)C)c1.[Pt]. The van der Waals surface area contributed by atoms with Gasteiger partial charge in [-0.05, 0) is 84.8 Å². The van der Waals surface area contributed by atoms with Crippen molar-refractivity contribution in [1.82, 2.24) is 9.97 Å². The fraction of sp³-hybridized carbons (Fsp3) is 0.154. The van der Waals surface area contributed by atoms with Crippen LogP contribution in [0.15, 0.2) is 138 Å². The minimum Gasteiger partial charge on any atom is -0.507 e. The summed E-state index contributed by atoms with van der Waals surface area (Å²) >= 11 is 1.61. The number of rotatable bonds is 4. The number of para-hydroxylation sites is 1. The fourth-order valence-electron chi connectivity index (χ4n) is 8.10. The van der Waals surface area contributed by atoms with Gasteiger partial charge >= 0.3 is 0 Å². The van der Waals surface area contributed by atoms with E-state index in [1.807, 2.05) is 18.3 Å². The molecule has 4 nitrogen and oxygen atoms in total. The average Bonchev–Trinajstić information content (AvgIpc) is 3.81. The van der Waals surface area contributed by atoms with Gasteiger partial charge in [0.15, 0.2) is 0 Å². The average molecular weight is 953 g/mol. The van der Waals surface area contributed by atoms with Gasteiger partial charge in [-0.15, -0.1) is 29.0 Å². The van der Waals surface area contributed by atoms with E-state index in [0.29, 0.717) is 5.75 Å². The minimum atomic E-state index is -0.250. The zero-order chi connectivity index (χ0) is 39.2. The van der Waals surface area contributed by atoms with E-state index in [1.54, 1.807) is 11.3 Å². The molecule has 58 heavy (non-hydrogen) atoms. The molecular weight excluding hydrogens is 912 g/mol. The largest absolute Gasteiger partial charge is 0.507 e. The third-order valence-electron chi connectivity index (χ3n) is 11.2. The quantitative estimate of drug-likeness (QED) is 0.141. The number of phenolic OH excluding ortho intramolecular Hbond substituents is 1. The topological polar surface area (TPSA) is 59.2 Å². The first kappa shape index (κ1) is 37.9. The maximum Gasteiger partial charge on any atom is 0.129 e. The number of hydrogen-bond acceptors (Lipinski definition) is 5. The van der Waals surface area contributed by atoms with Gasteiger partial charge in [0, 0.05) is 48.6 Å². The molecule has 0 aliphatic heterocycles. The van der Waals surface area contributed by atoms with E-state index in [2.05, 4.69) is 163 Å². The van der Waals surface area contributed by atoms with Gasteiger partial charge in [-0.3, -0.25) is 4.98 Å². The second kappa shape index (κ2) is 14.0. The summed E-state index contributed by atoms with van der Waals surface area (Å²) in [5.41, 5.74) is 10.5. The van der Waals surface area contributed by atoms with Crippen LogP contribution in [0.5, 0.6) is 5.75 Å². The summed E-state index contributed by atoms with van der Waals surface area (Å²) < 4.78 is 7.90. The molecule has 3 heterocycles. The fourth-order valence-corrected chi connectivity index (χ4v) is 9.11. The predicted molar refractivity (Wildman–Crippen MR) is 239 cm³/mol. The molecule has 288 valence electrons. The van der Waals surface area contributed by atoms with Crippen molar-refractivity contribution in [3.8, 4) is 49.8 Å². The molecule has 1 N–H and O–H groups in total. The third-order valence-corrected chi connectivity index (χ3v) is 12.3. The number of pyridine rings is 1. The maximum absolute atomic E-state index is 11.8. The van der Waals surface area contributed by atoms with Crippen molar-refractivity contribution in [1.29, 1.82) is 0 Å². The Morgan fingerprint density at radius 3 is 2.21 bits per heavy atom. The van der Waals surface area contributed by atoms with Gasteiger partial charge in [0.2, 0.25) is 0 Å². The summed E-state index contributed by atoms with van der Waals surface area (Å²) in [4.78, 5) is 10.2. The minimum absolute atomic E-state index is 0. The number of thiazole rings is 1. The van der Waals surface area contributed by atoms with Gasteiger partial charge in [-0.1, -0.05) is 144 Å². The number of phenols is 1. The molecule has 0 saturated carbocycles. The molecule has 6 heteroatoms. The second-order valence-electron chi connectivity index (χ2n) is 17.1. The number of fused-ring (bicyclic) bond motifs is 7. The summed E-state index contributed by atoms with van der Waals surface area (Å²) in [6.45, 7) is 13.1. The second-order valence-corrected chi connectivity index (χ2v) is 18.2. The number of benzene rings is 7. The van der Waals surface area contributed by atoms with E-state index in [0.717, 1.165) is 92.6 Å². The standard InChI is InChI=1S/C52H41N2O2S.Pt/c1-51(2,3)35-27-42(48(55)43(28-35)52(4,5)6)50-54-47-37(17-12-18-46(47)57-50)34-24-40-39-23-33-20-19-31-15-10-11-16-36(31)38(33)29-45(39)56-49(40)41(25-34)44-26-32(21-22-53-44)30-13-8-7-9-14-30;/h7-24,26-29,55H,1-6H3;/q-1;. The van der Waals surface area contributed by atoms with Gasteiger partial charge < -0.3 is 9.52 Å². The van der Waals surface area contributed by atoms with Crippen molar-refractivity contribution in [3.05, 3.63) is 151 Å². The third kappa shape index (κ3) is 6.42. The van der Waals surface area contributed by atoms with Gasteiger partial charge in [0.05, 0.1) is 16.7 Å². The molecule has 0 unspecified atom stereocenters. The van der Waals surface area contributed by atoms with Crippen molar-refractivity contribution < 1.29 is 30.6 Å². The molecule has 0 spiro atoms. The number of aromatic nitrogens is 2. The van der Waals surface area contributed by atoms with E-state index in [-0.39, 0.29) is 31.9 Å². The Bertz CT molecular complexity index is 3220. The molecule has 0 aliphatic carbocycles. The number of nitrogens with zero attached hydrogens (tertiary/aromatic N) is 2. The van der Waals surface area contributed by atoms with E-state index < -0.39 is 0 Å². The molecule has 10 aromatic rings. The van der Waals surface area contributed by atoms with E-state index in [9.17, 15) is 5.11 Å². The van der Waals surface area contributed by atoms with Crippen LogP contribution in [0.4, 0.5) is 0 Å². The van der Waals surface area contributed by atoms with E-state index in [4.69, 9.17) is 14.4 Å². The Kier molecular flexibility index (Phi) is 9.19. The summed E-state index contributed by atoms with van der Waals surface area (Å²) in [6, 6.07) is 48.5. The Morgan fingerprint density at radius 2 is 1.41 bits per heavy atom. The summed E-state index contributed by atoms with van der Waals surface area (Å²) in [5, 5.41) is 19.3. The molecule has 0 amide bonds. The Labute approximate surface area is 356 Å². The van der Waals surface area contributed by atoms with Crippen LogP contribution in [0, 0.1) is 6.07 Å². The first-order chi connectivity index (χ1) is 27.4. The molecule has 0 bridgehead atoms. The van der Waals surface area contributed by atoms with Crippen LogP contribution >= 0.6 is 11.3 Å². The zero-order valence-corrected chi connectivity index (χ0v) is 36.3. The molecule has 0 atom stereocenters. The first-order valence-electron chi connectivity index (χ1n) is 19.4. The van der Waals surface area contributed by atoms with Crippen molar-refractivity contribution in [2.24, 2.45) is 0 Å². The van der Waals surface area contributed by atoms with Gasteiger partial charge in [-0.25, -0.2) is 4.98 Å². The molecule has 0 fully saturated rings. The van der Waals surface area contributed by atoms with Crippen LogP contribution in [0.1, 0.15) is 52.7 Å².